The summed E-state index contributed by atoms with van der Waals surface area (Å²) in [6, 6.07) is 0. The second-order valence-electron chi connectivity index (χ2n) is 9.43. The summed E-state index contributed by atoms with van der Waals surface area (Å²) < 4.78 is 18.0. The zero-order chi connectivity index (χ0) is 20.4. The molecule has 0 radical (unpaired) electrons. The van der Waals surface area contributed by atoms with Crippen molar-refractivity contribution in [1.82, 2.24) is 0 Å². The van der Waals surface area contributed by atoms with Gasteiger partial charge in [-0.2, -0.15) is 0 Å². The third kappa shape index (κ3) is 9.43. The Hall–Kier alpha value is -0.603. The maximum Gasteiger partial charge on any atom is 0.192 e. The molecule has 156 valence electrons. The molecule has 1 rings (SSSR count). The predicted octanol–water partition coefficient (Wildman–Crippen LogP) is 6.45. The average molecular weight is 395 g/mol. The fourth-order valence-electron chi connectivity index (χ4n) is 2.99. The van der Waals surface area contributed by atoms with Crippen molar-refractivity contribution in [3.05, 3.63) is 12.7 Å². The summed E-state index contributed by atoms with van der Waals surface area (Å²) in [4.78, 5) is 0. The predicted molar refractivity (Wildman–Crippen MR) is 117 cm³/mol. The summed E-state index contributed by atoms with van der Waals surface area (Å²) in [5, 5.41) is 0.211. The van der Waals surface area contributed by atoms with Crippen LogP contribution in [0.15, 0.2) is 12.7 Å². The van der Waals surface area contributed by atoms with E-state index in [1.807, 2.05) is 6.08 Å². The molecule has 0 amide bonds. The normalized spacial score (nSPS) is 20.4. The minimum atomic E-state index is -1.80. The lowest BCUT2D eigenvalue weighted by Crippen LogP contribution is -2.48. The van der Waals surface area contributed by atoms with Gasteiger partial charge in [-0.25, -0.2) is 0 Å². The van der Waals surface area contributed by atoms with Crippen molar-refractivity contribution in [3.63, 3.8) is 0 Å². The Balaban J connectivity index is 2.33. The zero-order valence-electron chi connectivity index (χ0n) is 18.7. The van der Waals surface area contributed by atoms with E-state index in [0.717, 1.165) is 58.2 Å². The Morgan fingerprint density at radius 3 is 2.44 bits per heavy atom. The molecule has 0 bridgehead atoms. The standard InChI is InChI=1S/C23H42O3Si/c1-8-17-23(5,26-27(6,7)22(2,3)4)18-13-10-9-11-14-19-24-21-16-12-15-20-25-21/h8,21H,1,11-20H2,2-7H3. The number of ether oxygens (including phenoxy) is 2. The van der Waals surface area contributed by atoms with Crippen molar-refractivity contribution in [1.29, 1.82) is 0 Å². The van der Waals surface area contributed by atoms with E-state index in [-0.39, 0.29) is 16.9 Å². The fraction of sp³-hybridized carbons (Fsp3) is 0.826. The second-order valence-corrected chi connectivity index (χ2v) is 14.2. The van der Waals surface area contributed by atoms with Crippen LogP contribution < -0.4 is 0 Å². The van der Waals surface area contributed by atoms with Gasteiger partial charge in [0.15, 0.2) is 14.6 Å². The highest BCUT2D eigenvalue weighted by Crippen LogP contribution is 2.41. The van der Waals surface area contributed by atoms with Gasteiger partial charge in [-0.05, 0) is 63.6 Å². The average Bonchev–Trinajstić information content (AvgIpc) is 2.57. The summed E-state index contributed by atoms with van der Waals surface area (Å²) in [6.07, 6.45) is 9.93. The van der Waals surface area contributed by atoms with Crippen molar-refractivity contribution < 1.29 is 13.9 Å². The van der Waals surface area contributed by atoms with Gasteiger partial charge in [0.1, 0.15) is 0 Å². The third-order valence-electron chi connectivity index (χ3n) is 5.68. The molecule has 0 spiro atoms. The molecule has 1 aliphatic rings. The molecular formula is C23H42O3Si. The van der Waals surface area contributed by atoms with Crippen LogP contribution in [0.25, 0.3) is 0 Å². The summed E-state index contributed by atoms with van der Waals surface area (Å²) in [6.45, 7) is 19.2. The van der Waals surface area contributed by atoms with Gasteiger partial charge in [-0.3, -0.25) is 0 Å². The van der Waals surface area contributed by atoms with Gasteiger partial charge in [0.05, 0.1) is 12.2 Å². The lowest BCUT2D eigenvalue weighted by atomic mass is 9.96. The molecule has 1 saturated heterocycles. The Bertz CT molecular complexity index is 492. The van der Waals surface area contributed by atoms with Crippen LogP contribution in [0.5, 0.6) is 0 Å². The third-order valence-corrected chi connectivity index (χ3v) is 10.3. The first kappa shape index (κ1) is 24.4. The van der Waals surface area contributed by atoms with Crippen LogP contribution >= 0.6 is 0 Å². The largest absolute Gasteiger partial charge is 0.411 e. The van der Waals surface area contributed by atoms with E-state index < -0.39 is 8.32 Å². The number of rotatable bonds is 10. The van der Waals surface area contributed by atoms with Crippen molar-refractivity contribution in [2.75, 3.05) is 13.2 Å². The lowest BCUT2D eigenvalue weighted by molar-refractivity contribution is -0.162. The molecule has 3 nitrogen and oxygen atoms in total. The highest BCUT2D eigenvalue weighted by atomic mass is 28.4. The van der Waals surface area contributed by atoms with E-state index >= 15 is 0 Å². The van der Waals surface area contributed by atoms with Gasteiger partial charge < -0.3 is 13.9 Å². The summed E-state index contributed by atoms with van der Waals surface area (Å²) >= 11 is 0. The van der Waals surface area contributed by atoms with Crippen LogP contribution in [-0.4, -0.2) is 33.4 Å². The van der Waals surface area contributed by atoms with Gasteiger partial charge in [0, 0.05) is 19.4 Å². The number of hydrogen-bond acceptors (Lipinski definition) is 3. The SMILES string of the molecule is C=CCC(C)(CCC#CCCCOC1CCCCO1)O[Si](C)(C)C(C)(C)C. The van der Waals surface area contributed by atoms with E-state index in [9.17, 15) is 0 Å². The molecule has 2 unspecified atom stereocenters. The minimum Gasteiger partial charge on any atom is -0.411 e. The van der Waals surface area contributed by atoms with Crippen molar-refractivity contribution >= 4 is 8.32 Å². The Kier molecular flexibility index (Phi) is 10.3. The smallest absolute Gasteiger partial charge is 0.192 e. The minimum absolute atomic E-state index is 0.0128. The highest BCUT2D eigenvalue weighted by Gasteiger charge is 2.42. The molecule has 2 atom stereocenters. The highest BCUT2D eigenvalue weighted by molar-refractivity contribution is 6.74. The first-order valence-corrected chi connectivity index (χ1v) is 13.5. The molecule has 27 heavy (non-hydrogen) atoms. The van der Waals surface area contributed by atoms with E-state index in [2.05, 4.69) is 59.2 Å². The molecule has 0 aromatic heterocycles. The molecule has 0 saturated carbocycles. The van der Waals surface area contributed by atoms with Crippen molar-refractivity contribution in [2.24, 2.45) is 0 Å². The Labute approximate surface area is 169 Å². The van der Waals surface area contributed by atoms with Crippen LogP contribution in [0.3, 0.4) is 0 Å². The van der Waals surface area contributed by atoms with Crippen LogP contribution in [-0.2, 0) is 13.9 Å². The molecule has 1 aliphatic heterocycles. The zero-order valence-corrected chi connectivity index (χ0v) is 19.7. The monoisotopic (exact) mass is 394 g/mol. The van der Waals surface area contributed by atoms with E-state index in [1.54, 1.807) is 0 Å². The molecule has 1 fully saturated rings. The molecule has 4 heteroatoms. The molecule has 0 aromatic carbocycles. The van der Waals surface area contributed by atoms with Crippen molar-refractivity contribution in [3.8, 4) is 11.8 Å². The molecular weight excluding hydrogens is 352 g/mol. The number of hydrogen-bond donors (Lipinski definition) is 0. The lowest BCUT2D eigenvalue weighted by Gasteiger charge is -2.44. The first-order valence-electron chi connectivity index (χ1n) is 10.6. The Morgan fingerprint density at radius 1 is 1.15 bits per heavy atom. The van der Waals surface area contributed by atoms with E-state index in [4.69, 9.17) is 13.9 Å². The van der Waals surface area contributed by atoms with Gasteiger partial charge in [-0.1, -0.05) is 26.8 Å². The fourth-order valence-corrected chi connectivity index (χ4v) is 4.71. The van der Waals surface area contributed by atoms with Crippen LogP contribution in [0, 0.1) is 11.8 Å². The summed E-state index contributed by atoms with van der Waals surface area (Å²) in [5.41, 5.74) is -0.166. The summed E-state index contributed by atoms with van der Waals surface area (Å²) in [7, 11) is -1.80. The molecule has 1 heterocycles. The quantitative estimate of drug-likeness (QED) is 0.184. The van der Waals surface area contributed by atoms with Crippen LogP contribution in [0.1, 0.15) is 79.1 Å². The molecule has 0 aromatic rings. The molecule has 0 aliphatic carbocycles. The van der Waals surface area contributed by atoms with Crippen LogP contribution in [0.2, 0.25) is 18.1 Å². The Morgan fingerprint density at radius 2 is 1.85 bits per heavy atom. The topological polar surface area (TPSA) is 27.7 Å². The van der Waals surface area contributed by atoms with Gasteiger partial charge in [-0.15, -0.1) is 18.4 Å². The van der Waals surface area contributed by atoms with E-state index in [0.29, 0.717) is 0 Å². The van der Waals surface area contributed by atoms with Gasteiger partial charge in [0.2, 0.25) is 0 Å². The second kappa shape index (κ2) is 11.4. The van der Waals surface area contributed by atoms with Gasteiger partial charge in [0.25, 0.3) is 0 Å². The number of unbranched alkanes of at least 4 members (excludes halogenated alkanes) is 1. The van der Waals surface area contributed by atoms with E-state index in [1.165, 1.54) is 6.42 Å². The maximum absolute atomic E-state index is 6.71. The molecule has 0 N–H and O–H groups in total. The first-order chi connectivity index (χ1) is 12.6. The maximum atomic E-state index is 6.71. The van der Waals surface area contributed by atoms with Gasteiger partial charge >= 0.3 is 0 Å². The van der Waals surface area contributed by atoms with Crippen LogP contribution in [0.4, 0.5) is 0 Å². The summed E-state index contributed by atoms with van der Waals surface area (Å²) in [5.74, 6) is 6.62. The van der Waals surface area contributed by atoms with Crippen molar-refractivity contribution in [2.45, 2.75) is 109 Å².